The van der Waals surface area contributed by atoms with E-state index in [1.54, 1.807) is 0 Å². The monoisotopic (exact) mass is 232 g/mol. The molecule has 0 radical (unpaired) electrons. The Labute approximate surface area is 103 Å². The fourth-order valence-electron chi connectivity index (χ4n) is 2.27. The molecule has 2 rings (SSSR count). The van der Waals surface area contributed by atoms with E-state index in [2.05, 4.69) is 29.2 Å². The van der Waals surface area contributed by atoms with E-state index >= 15 is 0 Å². The fourth-order valence-corrected chi connectivity index (χ4v) is 2.27. The van der Waals surface area contributed by atoms with Crippen molar-refractivity contribution in [1.29, 1.82) is 0 Å². The van der Waals surface area contributed by atoms with E-state index in [1.807, 2.05) is 6.92 Å². The molecule has 1 aliphatic heterocycles. The van der Waals surface area contributed by atoms with Crippen LogP contribution in [0.3, 0.4) is 0 Å². The maximum absolute atomic E-state index is 10.6. The van der Waals surface area contributed by atoms with E-state index < -0.39 is 0 Å². The van der Waals surface area contributed by atoms with Crippen LogP contribution in [0.5, 0.6) is 0 Å². The van der Waals surface area contributed by atoms with Gasteiger partial charge in [0.25, 0.3) is 0 Å². The average molecular weight is 232 g/mol. The molecule has 0 unspecified atom stereocenters. The number of carbonyl (C=O) groups is 1. The van der Waals surface area contributed by atoms with E-state index in [4.69, 9.17) is 5.73 Å². The molecule has 2 N–H and O–H groups in total. The van der Waals surface area contributed by atoms with Gasteiger partial charge >= 0.3 is 0 Å². The highest BCUT2D eigenvalue weighted by Gasteiger charge is 2.19. The van der Waals surface area contributed by atoms with Crippen LogP contribution in [-0.2, 0) is 17.9 Å². The molecule has 0 bridgehead atoms. The quantitative estimate of drug-likeness (QED) is 0.784. The zero-order chi connectivity index (χ0) is 12.3. The van der Waals surface area contributed by atoms with Crippen molar-refractivity contribution < 1.29 is 4.79 Å². The first-order valence-electron chi connectivity index (χ1n) is 6.20. The summed E-state index contributed by atoms with van der Waals surface area (Å²) in [6.45, 7) is 5.11. The largest absolute Gasteiger partial charge is 0.322 e. The maximum atomic E-state index is 10.6. The van der Waals surface area contributed by atoms with Gasteiger partial charge in [-0.15, -0.1) is 0 Å². The van der Waals surface area contributed by atoms with Gasteiger partial charge in [-0.1, -0.05) is 31.2 Å². The number of rotatable bonds is 5. The second-order valence-electron chi connectivity index (χ2n) is 4.96. The number of hydrogen-bond acceptors (Lipinski definition) is 3. The van der Waals surface area contributed by atoms with Crippen molar-refractivity contribution in [2.75, 3.05) is 6.54 Å². The van der Waals surface area contributed by atoms with Crippen molar-refractivity contribution in [3.63, 3.8) is 0 Å². The first kappa shape index (κ1) is 12.3. The van der Waals surface area contributed by atoms with Gasteiger partial charge in [-0.25, -0.2) is 0 Å². The number of aldehydes is 1. The van der Waals surface area contributed by atoms with Crippen LogP contribution in [-0.4, -0.2) is 23.8 Å². The zero-order valence-electron chi connectivity index (χ0n) is 10.3. The first-order valence-corrected chi connectivity index (χ1v) is 6.20. The van der Waals surface area contributed by atoms with Crippen molar-refractivity contribution >= 4 is 6.29 Å². The molecule has 17 heavy (non-hydrogen) atoms. The number of carbonyl (C=O) groups excluding carboxylic acids is 1. The van der Waals surface area contributed by atoms with Crippen LogP contribution in [0.15, 0.2) is 24.3 Å². The van der Waals surface area contributed by atoms with E-state index in [0.717, 1.165) is 32.3 Å². The third-order valence-electron chi connectivity index (χ3n) is 3.62. The summed E-state index contributed by atoms with van der Waals surface area (Å²) in [5.41, 5.74) is 8.56. The Morgan fingerprint density at radius 2 is 1.94 bits per heavy atom. The van der Waals surface area contributed by atoms with Gasteiger partial charge in [0.05, 0.1) is 6.04 Å². The Bertz CT molecular complexity index is 367. The molecule has 1 aromatic carbocycles. The fraction of sp³-hybridized carbons (Fsp3) is 0.500. The van der Waals surface area contributed by atoms with E-state index in [1.165, 1.54) is 11.1 Å². The minimum absolute atomic E-state index is 0.260. The normalized spacial score (nSPS) is 18.7. The van der Waals surface area contributed by atoms with Gasteiger partial charge < -0.3 is 10.5 Å². The van der Waals surface area contributed by atoms with Crippen molar-refractivity contribution in [1.82, 2.24) is 4.90 Å². The minimum atomic E-state index is -0.319. The lowest BCUT2D eigenvalue weighted by molar-refractivity contribution is -0.109. The van der Waals surface area contributed by atoms with E-state index in [0.29, 0.717) is 0 Å². The summed E-state index contributed by atoms with van der Waals surface area (Å²) in [5.74, 6) is 0.260. The second-order valence-corrected chi connectivity index (χ2v) is 4.96. The molecule has 0 aliphatic carbocycles. The van der Waals surface area contributed by atoms with E-state index in [-0.39, 0.29) is 12.0 Å². The number of nitrogens with zero attached hydrogens (tertiary/aromatic N) is 1. The third-order valence-corrected chi connectivity index (χ3v) is 3.62. The van der Waals surface area contributed by atoms with Gasteiger partial charge in [0.2, 0.25) is 0 Å². The summed E-state index contributed by atoms with van der Waals surface area (Å²) < 4.78 is 0. The SMILES string of the molecule is C[C@H](CCN1Cc2ccccc2C1)[C@H](N)C=O. The Kier molecular flexibility index (Phi) is 3.92. The number of nitrogens with two attached hydrogens (primary N) is 1. The molecular formula is C14H20N2O. The maximum Gasteiger partial charge on any atom is 0.136 e. The molecule has 0 fully saturated rings. The standard InChI is InChI=1S/C14H20N2O/c1-11(14(15)10-17)6-7-16-8-12-4-2-3-5-13(12)9-16/h2-5,10-11,14H,6-9,15H2,1H3/t11-,14-/m1/s1. The smallest absolute Gasteiger partial charge is 0.136 e. The molecule has 1 aliphatic rings. The van der Waals surface area contributed by atoms with Crippen molar-refractivity contribution in [2.24, 2.45) is 11.7 Å². The van der Waals surface area contributed by atoms with Gasteiger partial charge in [0.15, 0.2) is 0 Å². The summed E-state index contributed by atoms with van der Waals surface area (Å²) >= 11 is 0. The Morgan fingerprint density at radius 3 is 2.47 bits per heavy atom. The Morgan fingerprint density at radius 1 is 1.35 bits per heavy atom. The van der Waals surface area contributed by atoms with Gasteiger partial charge in [-0.05, 0) is 30.0 Å². The van der Waals surface area contributed by atoms with Crippen LogP contribution in [0.4, 0.5) is 0 Å². The predicted molar refractivity (Wildman–Crippen MR) is 68.4 cm³/mol. The summed E-state index contributed by atoms with van der Waals surface area (Å²) in [6.07, 6.45) is 1.83. The summed E-state index contributed by atoms with van der Waals surface area (Å²) in [5, 5.41) is 0. The number of fused-ring (bicyclic) bond motifs is 1. The molecule has 0 spiro atoms. The van der Waals surface area contributed by atoms with E-state index in [9.17, 15) is 4.79 Å². The van der Waals surface area contributed by atoms with Crippen LogP contribution in [0.1, 0.15) is 24.5 Å². The highest BCUT2D eigenvalue weighted by Crippen LogP contribution is 2.22. The van der Waals surface area contributed by atoms with Crippen LogP contribution in [0.25, 0.3) is 0 Å². The molecule has 1 heterocycles. The molecule has 0 aromatic heterocycles. The summed E-state index contributed by atoms with van der Waals surface area (Å²) in [4.78, 5) is 13.0. The molecular weight excluding hydrogens is 212 g/mol. The lowest BCUT2D eigenvalue weighted by Gasteiger charge is -2.19. The molecule has 92 valence electrons. The highest BCUT2D eigenvalue weighted by molar-refractivity contribution is 5.57. The molecule has 0 saturated heterocycles. The molecule has 3 nitrogen and oxygen atoms in total. The van der Waals surface area contributed by atoms with Gasteiger partial charge in [-0.2, -0.15) is 0 Å². The summed E-state index contributed by atoms with van der Waals surface area (Å²) in [7, 11) is 0. The predicted octanol–water partition coefficient (Wildman–Crippen LogP) is 1.55. The molecule has 2 atom stereocenters. The van der Waals surface area contributed by atoms with Crippen molar-refractivity contribution in [2.45, 2.75) is 32.5 Å². The van der Waals surface area contributed by atoms with Gasteiger partial charge in [0.1, 0.15) is 6.29 Å². The lowest BCUT2D eigenvalue weighted by Crippen LogP contribution is -2.32. The Hall–Kier alpha value is -1.19. The third kappa shape index (κ3) is 2.93. The van der Waals surface area contributed by atoms with Gasteiger partial charge in [0, 0.05) is 13.1 Å². The molecule has 0 amide bonds. The van der Waals surface area contributed by atoms with Crippen LogP contribution in [0, 0.1) is 5.92 Å². The van der Waals surface area contributed by atoms with Crippen LogP contribution >= 0.6 is 0 Å². The van der Waals surface area contributed by atoms with Gasteiger partial charge in [-0.3, -0.25) is 4.90 Å². The number of hydrogen-bond donors (Lipinski definition) is 1. The zero-order valence-corrected chi connectivity index (χ0v) is 10.3. The Balaban J connectivity index is 1.82. The van der Waals surface area contributed by atoms with Crippen LogP contribution < -0.4 is 5.73 Å². The lowest BCUT2D eigenvalue weighted by atomic mass is 10.0. The summed E-state index contributed by atoms with van der Waals surface area (Å²) in [6, 6.07) is 8.24. The average Bonchev–Trinajstić information content (AvgIpc) is 2.77. The molecule has 0 saturated carbocycles. The molecule has 3 heteroatoms. The minimum Gasteiger partial charge on any atom is -0.322 e. The van der Waals surface area contributed by atoms with Crippen LogP contribution in [0.2, 0.25) is 0 Å². The first-order chi connectivity index (χ1) is 8.20. The second kappa shape index (κ2) is 5.43. The highest BCUT2D eigenvalue weighted by atomic mass is 16.1. The topological polar surface area (TPSA) is 46.3 Å². The molecule has 1 aromatic rings. The van der Waals surface area contributed by atoms with Crippen molar-refractivity contribution in [3.8, 4) is 0 Å². The van der Waals surface area contributed by atoms with Crippen molar-refractivity contribution in [3.05, 3.63) is 35.4 Å². The number of benzene rings is 1.